The average Bonchev–Trinajstić information content (AvgIpc) is 2.18. The lowest BCUT2D eigenvalue weighted by atomic mass is 10.0. The van der Waals surface area contributed by atoms with Gasteiger partial charge in [-0.05, 0) is 6.42 Å². The molecule has 7 heavy (non-hydrogen) atoms. The fraction of sp³-hybridized carbons (Fsp3) is 1.00. The molecular formula is C5H10N2. The van der Waals surface area contributed by atoms with Crippen LogP contribution in [-0.4, -0.2) is 24.2 Å². The minimum atomic E-state index is 0.444. The van der Waals surface area contributed by atoms with E-state index >= 15 is 0 Å². The third-order valence-corrected chi connectivity index (χ3v) is 2.16. The van der Waals surface area contributed by atoms with Crippen LogP contribution in [0.5, 0.6) is 0 Å². The molecule has 0 aromatic heterocycles. The van der Waals surface area contributed by atoms with Crippen molar-refractivity contribution in [3.63, 3.8) is 0 Å². The number of hydrogen-bond acceptors (Lipinski definition) is 2. The van der Waals surface area contributed by atoms with Crippen LogP contribution < -0.4 is 5.73 Å². The first-order valence-electron chi connectivity index (χ1n) is 2.87. The van der Waals surface area contributed by atoms with E-state index < -0.39 is 0 Å². The zero-order valence-electron chi connectivity index (χ0n) is 4.30. The molecule has 2 N–H and O–H groups in total. The van der Waals surface area contributed by atoms with Gasteiger partial charge < -0.3 is 5.73 Å². The van der Waals surface area contributed by atoms with Crippen molar-refractivity contribution in [1.82, 2.24) is 4.90 Å². The predicted octanol–water partition coefficient (Wildman–Crippen LogP) is -0.393. The predicted molar refractivity (Wildman–Crippen MR) is 27.7 cm³/mol. The summed E-state index contributed by atoms with van der Waals surface area (Å²) in [6, 6.07) is 0. The molecule has 0 aromatic rings. The van der Waals surface area contributed by atoms with Crippen molar-refractivity contribution in [2.45, 2.75) is 12.6 Å². The molecule has 3 atom stereocenters. The molecule has 3 saturated heterocycles. The summed E-state index contributed by atoms with van der Waals surface area (Å²) in [5.41, 5.74) is 5.65. The van der Waals surface area contributed by atoms with Gasteiger partial charge in [-0.3, -0.25) is 4.90 Å². The summed E-state index contributed by atoms with van der Waals surface area (Å²) in [5.74, 6) is 0.861. The van der Waals surface area contributed by atoms with Crippen LogP contribution in [0.2, 0.25) is 0 Å². The van der Waals surface area contributed by atoms with Crippen LogP contribution in [0, 0.1) is 5.92 Å². The minimum Gasteiger partial charge on any atom is -0.315 e. The standard InChI is InChI=1S/C5H10N2/c6-5-4-1-2-7(5)3-4/h4-5H,1-3,6H2. The van der Waals surface area contributed by atoms with Crippen LogP contribution in [-0.2, 0) is 0 Å². The highest BCUT2D eigenvalue weighted by Gasteiger charge is 2.41. The lowest BCUT2D eigenvalue weighted by molar-refractivity contribution is 0.112. The van der Waals surface area contributed by atoms with Gasteiger partial charge in [0.2, 0.25) is 0 Å². The molecule has 3 fully saturated rings. The number of rotatable bonds is 0. The van der Waals surface area contributed by atoms with Crippen molar-refractivity contribution in [2.75, 3.05) is 13.1 Å². The van der Waals surface area contributed by atoms with Gasteiger partial charge in [0.25, 0.3) is 0 Å². The van der Waals surface area contributed by atoms with E-state index in [1.54, 1.807) is 0 Å². The summed E-state index contributed by atoms with van der Waals surface area (Å²) < 4.78 is 0. The van der Waals surface area contributed by atoms with Crippen molar-refractivity contribution < 1.29 is 0 Å². The lowest BCUT2D eigenvalue weighted by Gasteiger charge is -2.35. The van der Waals surface area contributed by atoms with Gasteiger partial charge in [0.05, 0.1) is 6.17 Å². The van der Waals surface area contributed by atoms with Gasteiger partial charge in [0, 0.05) is 19.0 Å². The second kappa shape index (κ2) is 1.01. The normalized spacial score (nSPS) is 57.0. The van der Waals surface area contributed by atoms with Gasteiger partial charge in [-0.2, -0.15) is 0 Å². The molecule has 3 aliphatic heterocycles. The Morgan fingerprint density at radius 2 is 2.43 bits per heavy atom. The monoisotopic (exact) mass is 98.1 g/mol. The average molecular weight is 98.1 g/mol. The molecule has 0 amide bonds. The van der Waals surface area contributed by atoms with Crippen LogP contribution in [0.25, 0.3) is 0 Å². The Morgan fingerprint density at radius 1 is 1.57 bits per heavy atom. The third-order valence-electron chi connectivity index (χ3n) is 2.16. The van der Waals surface area contributed by atoms with E-state index in [0.29, 0.717) is 6.17 Å². The van der Waals surface area contributed by atoms with E-state index in [1.807, 2.05) is 0 Å². The lowest BCUT2D eigenvalue weighted by Crippen LogP contribution is -2.53. The second-order valence-electron chi connectivity index (χ2n) is 2.53. The Labute approximate surface area is 43.3 Å². The van der Waals surface area contributed by atoms with E-state index in [4.69, 9.17) is 5.73 Å². The molecule has 2 nitrogen and oxygen atoms in total. The van der Waals surface area contributed by atoms with Crippen LogP contribution >= 0.6 is 0 Å². The van der Waals surface area contributed by atoms with E-state index in [2.05, 4.69) is 4.90 Å². The second-order valence-corrected chi connectivity index (χ2v) is 2.53. The van der Waals surface area contributed by atoms with E-state index in [-0.39, 0.29) is 0 Å². The highest BCUT2D eigenvalue weighted by atomic mass is 15.3. The van der Waals surface area contributed by atoms with Crippen molar-refractivity contribution in [3.05, 3.63) is 0 Å². The molecule has 0 saturated carbocycles. The van der Waals surface area contributed by atoms with Gasteiger partial charge in [-0.1, -0.05) is 0 Å². The maximum Gasteiger partial charge on any atom is 0.0613 e. The maximum atomic E-state index is 5.65. The van der Waals surface area contributed by atoms with Gasteiger partial charge in [0.15, 0.2) is 0 Å². The highest BCUT2D eigenvalue weighted by molar-refractivity contribution is 4.94. The fourth-order valence-corrected chi connectivity index (χ4v) is 1.53. The topological polar surface area (TPSA) is 29.3 Å². The van der Waals surface area contributed by atoms with E-state index in [0.717, 1.165) is 5.92 Å². The van der Waals surface area contributed by atoms with E-state index in [9.17, 15) is 0 Å². The molecule has 40 valence electrons. The largest absolute Gasteiger partial charge is 0.315 e. The molecule has 3 heterocycles. The van der Waals surface area contributed by atoms with Crippen LogP contribution in [0.3, 0.4) is 0 Å². The zero-order valence-corrected chi connectivity index (χ0v) is 4.30. The molecule has 3 aliphatic rings. The quantitative estimate of drug-likeness (QED) is 0.447. The maximum absolute atomic E-state index is 5.65. The summed E-state index contributed by atoms with van der Waals surface area (Å²) in [4.78, 5) is 2.32. The number of hydrogen-bond donors (Lipinski definition) is 1. The summed E-state index contributed by atoms with van der Waals surface area (Å²) in [6.45, 7) is 2.53. The molecule has 0 spiro atoms. The number of nitrogens with two attached hydrogens (primary N) is 1. The first-order valence-corrected chi connectivity index (χ1v) is 2.87. The minimum absolute atomic E-state index is 0.444. The van der Waals surface area contributed by atoms with E-state index in [1.165, 1.54) is 19.5 Å². The Morgan fingerprint density at radius 3 is 2.57 bits per heavy atom. The third kappa shape index (κ3) is 0.318. The molecule has 3 rings (SSSR count). The first-order chi connectivity index (χ1) is 3.38. The Kier molecular flexibility index (Phi) is 0.557. The van der Waals surface area contributed by atoms with Crippen molar-refractivity contribution in [1.29, 1.82) is 0 Å². The summed E-state index contributed by atoms with van der Waals surface area (Å²) in [7, 11) is 0. The zero-order chi connectivity index (χ0) is 4.85. The molecule has 2 heteroatoms. The van der Waals surface area contributed by atoms with Crippen LogP contribution in [0.15, 0.2) is 0 Å². The Bertz CT molecular complexity index is 78.1. The van der Waals surface area contributed by atoms with Crippen molar-refractivity contribution in [3.8, 4) is 0 Å². The van der Waals surface area contributed by atoms with Crippen molar-refractivity contribution >= 4 is 0 Å². The fourth-order valence-electron chi connectivity index (χ4n) is 1.53. The van der Waals surface area contributed by atoms with Gasteiger partial charge in [-0.25, -0.2) is 0 Å². The van der Waals surface area contributed by atoms with Gasteiger partial charge in [-0.15, -0.1) is 0 Å². The molecule has 0 aliphatic carbocycles. The number of nitrogens with zero attached hydrogens (tertiary/aromatic N) is 1. The molecular weight excluding hydrogens is 88.1 g/mol. The number of fused-ring (bicyclic) bond motifs is 1. The first kappa shape index (κ1) is 3.87. The SMILES string of the molecule is NC1C2CCN1C2. The Balaban J connectivity index is 2.14. The van der Waals surface area contributed by atoms with Crippen molar-refractivity contribution in [2.24, 2.45) is 11.7 Å². The summed E-state index contributed by atoms with van der Waals surface area (Å²) in [6.07, 6.45) is 1.79. The Hall–Kier alpha value is -0.0800. The van der Waals surface area contributed by atoms with Crippen LogP contribution in [0.1, 0.15) is 6.42 Å². The van der Waals surface area contributed by atoms with Crippen LogP contribution in [0.4, 0.5) is 0 Å². The van der Waals surface area contributed by atoms with Gasteiger partial charge in [0.1, 0.15) is 0 Å². The summed E-state index contributed by atoms with van der Waals surface area (Å²) in [5, 5.41) is 0. The highest BCUT2D eigenvalue weighted by Crippen LogP contribution is 2.31. The molecule has 0 aromatic carbocycles. The summed E-state index contributed by atoms with van der Waals surface area (Å²) >= 11 is 0. The smallest absolute Gasteiger partial charge is 0.0613 e. The molecule has 0 radical (unpaired) electrons. The molecule has 3 unspecified atom stereocenters. The molecule has 2 bridgehead atoms. The van der Waals surface area contributed by atoms with Gasteiger partial charge >= 0.3 is 0 Å².